The maximum absolute atomic E-state index is 5.71. The molecule has 0 spiro atoms. The van der Waals surface area contributed by atoms with Crippen LogP contribution in [-0.2, 0) is 0 Å². The number of nitrogens with two attached hydrogens (primary N) is 1. The van der Waals surface area contributed by atoms with Gasteiger partial charge in [0, 0.05) is 22.3 Å². The van der Waals surface area contributed by atoms with Crippen molar-refractivity contribution in [2.24, 2.45) is 0 Å². The molecule has 3 nitrogen and oxygen atoms in total. The fourth-order valence-electron chi connectivity index (χ4n) is 2.19. The summed E-state index contributed by atoms with van der Waals surface area (Å²) >= 11 is 1.60. The molecule has 21 heavy (non-hydrogen) atoms. The van der Waals surface area contributed by atoms with Gasteiger partial charge in [-0.2, -0.15) is 0 Å². The third-order valence-electron chi connectivity index (χ3n) is 3.33. The summed E-state index contributed by atoms with van der Waals surface area (Å²) < 4.78 is 0. The van der Waals surface area contributed by atoms with Crippen molar-refractivity contribution in [1.29, 1.82) is 0 Å². The quantitative estimate of drug-likeness (QED) is 0.685. The molecule has 0 saturated heterocycles. The van der Waals surface area contributed by atoms with Gasteiger partial charge in [0.1, 0.15) is 0 Å². The van der Waals surface area contributed by atoms with Crippen LogP contribution in [0.15, 0.2) is 47.8 Å². The number of aryl methyl sites for hydroxylation is 2. The minimum atomic E-state index is 0.766. The number of nitrogen functional groups attached to an aromatic ring is 1. The maximum Gasteiger partial charge on any atom is 0.187 e. The summed E-state index contributed by atoms with van der Waals surface area (Å²) in [7, 11) is 0. The van der Waals surface area contributed by atoms with Crippen LogP contribution < -0.4 is 11.1 Å². The maximum atomic E-state index is 5.71. The molecule has 0 atom stereocenters. The van der Waals surface area contributed by atoms with E-state index in [1.165, 1.54) is 11.1 Å². The third-order valence-corrected chi connectivity index (χ3v) is 4.09. The Balaban J connectivity index is 1.83. The van der Waals surface area contributed by atoms with Crippen LogP contribution in [0, 0.1) is 13.8 Å². The van der Waals surface area contributed by atoms with E-state index >= 15 is 0 Å². The number of thiazole rings is 1. The monoisotopic (exact) mass is 295 g/mol. The summed E-state index contributed by atoms with van der Waals surface area (Å²) in [6.07, 6.45) is 0. The van der Waals surface area contributed by atoms with Gasteiger partial charge >= 0.3 is 0 Å². The van der Waals surface area contributed by atoms with Crippen LogP contribution in [0.3, 0.4) is 0 Å². The number of hydrogen-bond donors (Lipinski definition) is 2. The van der Waals surface area contributed by atoms with E-state index in [0.29, 0.717) is 0 Å². The Morgan fingerprint density at radius 1 is 1.05 bits per heavy atom. The summed E-state index contributed by atoms with van der Waals surface area (Å²) in [6, 6.07) is 14.1. The lowest BCUT2D eigenvalue weighted by Gasteiger charge is -2.07. The SMILES string of the molecule is Cc1ccc(Nc2nc(-c3ccc(N)cc3)cs2)c(C)c1. The zero-order valence-corrected chi connectivity index (χ0v) is 12.9. The lowest BCUT2D eigenvalue weighted by atomic mass is 10.1. The molecular weight excluding hydrogens is 278 g/mol. The molecule has 0 aliphatic heterocycles. The number of nitrogens with zero attached hydrogens (tertiary/aromatic N) is 1. The van der Waals surface area contributed by atoms with E-state index in [1.54, 1.807) is 11.3 Å². The molecule has 0 bridgehead atoms. The van der Waals surface area contributed by atoms with Crippen molar-refractivity contribution >= 4 is 27.8 Å². The van der Waals surface area contributed by atoms with Crippen LogP contribution in [0.1, 0.15) is 11.1 Å². The van der Waals surface area contributed by atoms with Gasteiger partial charge in [0.2, 0.25) is 0 Å². The van der Waals surface area contributed by atoms with Crippen molar-refractivity contribution in [2.75, 3.05) is 11.1 Å². The van der Waals surface area contributed by atoms with Crippen LogP contribution in [0.4, 0.5) is 16.5 Å². The van der Waals surface area contributed by atoms with E-state index in [4.69, 9.17) is 5.73 Å². The van der Waals surface area contributed by atoms with Crippen molar-refractivity contribution in [3.63, 3.8) is 0 Å². The standard InChI is InChI=1S/C17H17N3S/c1-11-3-8-15(12(2)9-11)19-17-20-16(10-21-17)13-4-6-14(18)7-5-13/h3-10H,18H2,1-2H3,(H,19,20). The average molecular weight is 295 g/mol. The Morgan fingerprint density at radius 3 is 2.52 bits per heavy atom. The Morgan fingerprint density at radius 2 is 1.81 bits per heavy atom. The summed E-state index contributed by atoms with van der Waals surface area (Å²) in [5.41, 5.74) is 12.1. The van der Waals surface area contributed by atoms with Crippen LogP contribution in [-0.4, -0.2) is 4.98 Å². The van der Waals surface area contributed by atoms with E-state index in [0.717, 1.165) is 27.8 Å². The third kappa shape index (κ3) is 3.06. The van der Waals surface area contributed by atoms with E-state index in [9.17, 15) is 0 Å². The second-order valence-electron chi connectivity index (χ2n) is 5.10. The van der Waals surface area contributed by atoms with Crippen molar-refractivity contribution in [3.05, 3.63) is 59.0 Å². The number of aromatic nitrogens is 1. The van der Waals surface area contributed by atoms with Gasteiger partial charge in [-0.15, -0.1) is 11.3 Å². The molecule has 0 saturated carbocycles. The zero-order chi connectivity index (χ0) is 14.8. The van der Waals surface area contributed by atoms with E-state index < -0.39 is 0 Å². The lowest BCUT2D eigenvalue weighted by Crippen LogP contribution is -1.93. The zero-order valence-electron chi connectivity index (χ0n) is 12.1. The first kappa shape index (κ1) is 13.6. The van der Waals surface area contributed by atoms with E-state index in [-0.39, 0.29) is 0 Å². The molecule has 3 aromatic rings. The normalized spacial score (nSPS) is 10.6. The van der Waals surface area contributed by atoms with Crippen molar-refractivity contribution in [1.82, 2.24) is 4.98 Å². The van der Waals surface area contributed by atoms with E-state index in [1.807, 2.05) is 24.3 Å². The van der Waals surface area contributed by atoms with E-state index in [2.05, 4.69) is 47.7 Å². The molecular formula is C17H17N3S. The number of rotatable bonds is 3. The molecule has 2 aromatic carbocycles. The lowest BCUT2D eigenvalue weighted by molar-refractivity contribution is 1.34. The van der Waals surface area contributed by atoms with Gasteiger partial charge in [-0.05, 0) is 37.6 Å². The Bertz CT molecular complexity index is 760. The molecule has 0 aliphatic carbocycles. The van der Waals surface area contributed by atoms with Gasteiger partial charge in [0.15, 0.2) is 5.13 Å². The second-order valence-corrected chi connectivity index (χ2v) is 5.96. The highest BCUT2D eigenvalue weighted by atomic mass is 32.1. The van der Waals surface area contributed by atoms with Crippen LogP contribution in [0.5, 0.6) is 0 Å². The first-order valence-corrected chi connectivity index (χ1v) is 7.65. The van der Waals surface area contributed by atoms with Crippen molar-refractivity contribution in [2.45, 2.75) is 13.8 Å². The molecule has 106 valence electrons. The Labute approximate surface area is 128 Å². The highest BCUT2D eigenvalue weighted by Gasteiger charge is 2.06. The largest absolute Gasteiger partial charge is 0.399 e. The first-order valence-electron chi connectivity index (χ1n) is 6.77. The molecule has 0 unspecified atom stereocenters. The minimum Gasteiger partial charge on any atom is -0.399 e. The van der Waals surface area contributed by atoms with Gasteiger partial charge < -0.3 is 11.1 Å². The predicted octanol–water partition coefficient (Wildman–Crippen LogP) is 4.75. The number of anilines is 3. The fraction of sp³-hybridized carbons (Fsp3) is 0.118. The van der Waals surface area contributed by atoms with Gasteiger partial charge in [-0.1, -0.05) is 29.8 Å². The van der Waals surface area contributed by atoms with Gasteiger partial charge in [-0.25, -0.2) is 4.98 Å². The van der Waals surface area contributed by atoms with Gasteiger partial charge in [-0.3, -0.25) is 0 Å². The van der Waals surface area contributed by atoms with Crippen LogP contribution in [0.2, 0.25) is 0 Å². The minimum absolute atomic E-state index is 0.766. The Kier molecular flexibility index (Phi) is 3.62. The molecule has 0 amide bonds. The molecule has 0 fully saturated rings. The summed E-state index contributed by atoms with van der Waals surface area (Å²) in [5, 5.41) is 6.33. The van der Waals surface area contributed by atoms with Crippen LogP contribution in [0.25, 0.3) is 11.3 Å². The topological polar surface area (TPSA) is 50.9 Å². The average Bonchev–Trinajstić information content (AvgIpc) is 2.91. The molecule has 1 heterocycles. The summed E-state index contributed by atoms with van der Waals surface area (Å²) in [6.45, 7) is 4.20. The highest BCUT2D eigenvalue weighted by molar-refractivity contribution is 7.14. The Hall–Kier alpha value is -2.33. The van der Waals surface area contributed by atoms with Gasteiger partial charge in [0.05, 0.1) is 5.69 Å². The van der Waals surface area contributed by atoms with Crippen molar-refractivity contribution < 1.29 is 0 Å². The highest BCUT2D eigenvalue weighted by Crippen LogP contribution is 2.28. The molecule has 0 radical (unpaired) electrons. The molecule has 0 aliphatic rings. The predicted molar refractivity (Wildman–Crippen MR) is 91.2 cm³/mol. The number of benzene rings is 2. The molecule has 3 N–H and O–H groups in total. The molecule has 1 aromatic heterocycles. The molecule has 3 rings (SSSR count). The first-order chi connectivity index (χ1) is 10.1. The summed E-state index contributed by atoms with van der Waals surface area (Å²) in [5.74, 6) is 0. The number of nitrogens with one attached hydrogen (secondary N) is 1. The fourth-order valence-corrected chi connectivity index (χ4v) is 2.92. The van der Waals surface area contributed by atoms with Crippen molar-refractivity contribution in [3.8, 4) is 11.3 Å². The number of hydrogen-bond acceptors (Lipinski definition) is 4. The molecule has 4 heteroatoms. The second kappa shape index (κ2) is 5.58. The van der Waals surface area contributed by atoms with Crippen LogP contribution >= 0.6 is 11.3 Å². The van der Waals surface area contributed by atoms with Gasteiger partial charge in [0.25, 0.3) is 0 Å². The summed E-state index contributed by atoms with van der Waals surface area (Å²) in [4.78, 5) is 4.64. The smallest absolute Gasteiger partial charge is 0.187 e.